The van der Waals surface area contributed by atoms with Crippen LogP contribution in [0.1, 0.15) is 19.3 Å². The minimum Gasteiger partial charge on any atom is -0.478 e. The van der Waals surface area contributed by atoms with Crippen LogP contribution >= 0.6 is 15.9 Å². The molecule has 1 N–H and O–H groups in total. The highest BCUT2D eigenvalue weighted by atomic mass is 79.9. The van der Waals surface area contributed by atoms with Gasteiger partial charge in [-0.3, -0.25) is 0 Å². The molecule has 1 aliphatic carbocycles. The van der Waals surface area contributed by atoms with E-state index in [2.05, 4.69) is 15.9 Å². The molecule has 0 aromatic heterocycles. The number of carboxylic acid groups (broad SMARTS) is 1. The Morgan fingerprint density at radius 3 is 2.67 bits per heavy atom. The molecule has 3 nitrogen and oxygen atoms in total. The van der Waals surface area contributed by atoms with Gasteiger partial charge in [0, 0.05) is 10.7 Å². The molecule has 4 unspecified atom stereocenters. The van der Waals surface area contributed by atoms with E-state index < -0.39 is 29.9 Å². The second-order valence-electron chi connectivity index (χ2n) is 4.60. The molecule has 1 fully saturated rings. The SMILES string of the molecule is O=C(O)C1=CC2CC(Br)CCC2OC1C(F)(F)F. The van der Waals surface area contributed by atoms with Crippen LogP contribution in [0.3, 0.4) is 0 Å². The van der Waals surface area contributed by atoms with Gasteiger partial charge in [0.25, 0.3) is 0 Å². The van der Waals surface area contributed by atoms with Crippen molar-refractivity contribution < 1.29 is 27.8 Å². The predicted octanol–water partition coefficient (Wildman–Crippen LogP) is 2.89. The first-order valence-electron chi connectivity index (χ1n) is 5.60. The van der Waals surface area contributed by atoms with Crippen molar-refractivity contribution in [3.05, 3.63) is 11.6 Å². The Morgan fingerprint density at radius 2 is 2.11 bits per heavy atom. The van der Waals surface area contributed by atoms with E-state index in [1.807, 2.05) is 0 Å². The Balaban J connectivity index is 2.29. The van der Waals surface area contributed by atoms with E-state index in [4.69, 9.17) is 9.84 Å². The summed E-state index contributed by atoms with van der Waals surface area (Å²) in [5, 5.41) is 8.87. The van der Waals surface area contributed by atoms with Crippen LogP contribution in [0.15, 0.2) is 11.6 Å². The van der Waals surface area contributed by atoms with E-state index in [1.54, 1.807) is 0 Å². The maximum atomic E-state index is 12.7. The maximum Gasteiger partial charge on any atom is 0.419 e. The second kappa shape index (κ2) is 4.85. The number of alkyl halides is 4. The summed E-state index contributed by atoms with van der Waals surface area (Å²) < 4.78 is 43.2. The average Bonchev–Trinajstić information content (AvgIpc) is 2.25. The zero-order valence-electron chi connectivity index (χ0n) is 9.28. The van der Waals surface area contributed by atoms with E-state index in [-0.39, 0.29) is 10.7 Å². The monoisotopic (exact) mass is 328 g/mol. The standard InChI is InChI=1S/C11H12BrF3O3/c12-6-1-2-8-5(3-6)4-7(10(16)17)9(18-8)11(13,14)15/h4-6,8-9H,1-3H2,(H,16,17). The number of aliphatic carboxylic acids is 1. The largest absolute Gasteiger partial charge is 0.478 e. The molecule has 4 atom stereocenters. The summed E-state index contributed by atoms with van der Waals surface area (Å²) in [5.41, 5.74) is -0.689. The molecule has 18 heavy (non-hydrogen) atoms. The number of hydrogen-bond donors (Lipinski definition) is 1. The Hall–Kier alpha value is -0.560. The highest BCUT2D eigenvalue weighted by molar-refractivity contribution is 9.09. The Labute approximate surface area is 110 Å². The fourth-order valence-corrected chi connectivity index (χ4v) is 3.17. The van der Waals surface area contributed by atoms with Crippen molar-refractivity contribution in [3.63, 3.8) is 0 Å². The van der Waals surface area contributed by atoms with E-state index in [9.17, 15) is 18.0 Å². The molecule has 7 heteroatoms. The molecule has 1 aliphatic heterocycles. The quantitative estimate of drug-likeness (QED) is 0.753. The zero-order valence-corrected chi connectivity index (χ0v) is 10.9. The number of carboxylic acids is 1. The number of ether oxygens (including phenoxy) is 1. The molecule has 102 valence electrons. The van der Waals surface area contributed by atoms with Gasteiger partial charge in [0.15, 0.2) is 6.10 Å². The van der Waals surface area contributed by atoms with E-state index in [0.29, 0.717) is 12.8 Å². The van der Waals surface area contributed by atoms with Gasteiger partial charge in [-0.1, -0.05) is 22.0 Å². The van der Waals surface area contributed by atoms with Gasteiger partial charge in [0.05, 0.1) is 11.7 Å². The highest BCUT2D eigenvalue weighted by Crippen LogP contribution is 2.41. The Kier molecular flexibility index (Phi) is 3.73. The summed E-state index contributed by atoms with van der Waals surface area (Å²) in [6.07, 6.45) is -4.44. The van der Waals surface area contributed by atoms with Crippen molar-refractivity contribution in [1.82, 2.24) is 0 Å². The summed E-state index contributed by atoms with van der Waals surface area (Å²) in [6, 6.07) is 0. The summed E-state index contributed by atoms with van der Waals surface area (Å²) in [4.78, 5) is 11.1. The van der Waals surface area contributed by atoms with Gasteiger partial charge >= 0.3 is 12.1 Å². The summed E-state index contributed by atoms with van der Waals surface area (Å²) in [7, 11) is 0. The Morgan fingerprint density at radius 1 is 1.44 bits per heavy atom. The third kappa shape index (κ3) is 2.71. The van der Waals surface area contributed by atoms with E-state index >= 15 is 0 Å². The zero-order chi connectivity index (χ0) is 13.5. The van der Waals surface area contributed by atoms with E-state index in [0.717, 1.165) is 6.42 Å². The molecule has 0 spiro atoms. The first kappa shape index (κ1) is 13.9. The Bertz CT molecular complexity index is 380. The number of fused-ring (bicyclic) bond motifs is 1. The van der Waals surface area contributed by atoms with Crippen LogP contribution in [0.5, 0.6) is 0 Å². The summed E-state index contributed by atoms with van der Waals surface area (Å²) in [6.45, 7) is 0. The fourth-order valence-electron chi connectivity index (χ4n) is 2.47. The van der Waals surface area contributed by atoms with Gasteiger partial charge in [0.1, 0.15) is 0 Å². The molecule has 0 radical (unpaired) electrons. The van der Waals surface area contributed by atoms with Crippen LogP contribution in [-0.4, -0.2) is 34.3 Å². The third-order valence-electron chi connectivity index (χ3n) is 3.30. The van der Waals surface area contributed by atoms with Crippen molar-refractivity contribution in [3.8, 4) is 0 Å². The molecular formula is C11H12BrF3O3. The molecule has 1 saturated carbocycles. The first-order chi connectivity index (χ1) is 8.29. The lowest BCUT2D eigenvalue weighted by Crippen LogP contribution is -2.46. The number of carbonyl (C=O) groups is 1. The highest BCUT2D eigenvalue weighted by Gasteiger charge is 2.50. The van der Waals surface area contributed by atoms with Crippen molar-refractivity contribution in [1.29, 1.82) is 0 Å². The molecule has 0 aromatic rings. The molecule has 0 bridgehead atoms. The number of halogens is 4. The number of hydrogen-bond acceptors (Lipinski definition) is 2. The predicted molar refractivity (Wildman–Crippen MR) is 60.5 cm³/mol. The second-order valence-corrected chi connectivity index (χ2v) is 5.89. The van der Waals surface area contributed by atoms with Crippen molar-refractivity contribution in [2.24, 2.45) is 5.92 Å². The van der Waals surface area contributed by atoms with Crippen LogP contribution in [0.4, 0.5) is 13.2 Å². The van der Waals surface area contributed by atoms with Gasteiger partial charge in [-0.05, 0) is 19.3 Å². The first-order valence-corrected chi connectivity index (χ1v) is 6.52. The van der Waals surface area contributed by atoms with Crippen molar-refractivity contribution >= 4 is 21.9 Å². The average molecular weight is 329 g/mol. The summed E-state index contributed by atoms with van der Waals surface area (Å²) in [5.74, 6) is -1.82. The van der Waals surface area contributed by atoms with Crippen molar-refractivity contribution in [2.75, 3.05) is 0 Å². The minimum absolute atomic E-state index is 0.205. The molecule has 0 amide bonds. The smallest absolute Gasteiger partial charge is 0.419 e. The lowest BCUT2D eigenvalue weighted by Gasteiger charge is -2.39. The molecule has 0 aromatic carbocycles. The van der Waals surface area contributed by atoms with Crippen LogP contribution in [0.25, 0.3) is 0 Å². The molecule has 0 saturated heterocycles. The molecule has 1 heterocycles. The van der Waals surface area contributed by atoms with Crippen LogP contribution in [0.2, 0.25) is 0 Å². The van der Waals surface area contributed by atoms with Gasteiger partial charge in [0.2, 0.25) is 0 Å². The van der Waals surface area contributed by atoms with Gasteiger partial charge < -0.3 is 9.84 Å². The number of rotatable bonds is 1. The molecule has 2 aliphatic rings. The lowest BCUT2D eigenvalue weighted by molar-refractivity contribution is -0.231. The molecule has 2 rings (SSSR count). The normalized spacial score (nSPS) is 36.8. The van der Waals surface area contributed by atoms with Gasteiger partial charge in [-0.25, -0.2) is 4.79 Å². The van der Waals surface area contributed by atoms with Gasteiger partial charge in [-0.15, -0.1) is 0 Å². The van der Waals surface area contributed by atoms with Crippen molar-refractivity contribution in [2.45, 2.75) is 42.5 Å². The van der Waals surface area contributed by atoms with E-state index in [1.165, 1.54) is 6.08 Å². The third-order valence-corrected chi connectivity index (χ3v) is 4.13. The maximum absolute atomic E-state index is 12.7. The fraction of sp³-hybridized carbons (Fsp3) is 0.727. The summed E-state index contributed by atoms with van der Waals surface area (Å²) >= 11 is 3.41. The van der Waals surface area contributed by atoms with Crippen LogP contribution in [0, 0.1) is 5.92 Å². The minimum atomic E-state index is -4.68. The topological polar surface area (TPSA) is 46.5 Å². The van der Waals surface area contributed by atoms with Crippen LogP contribution in [-0.2, 0) is 9.53 Å². The van der Waals surface area contributed by atoms with Gasteiger partial charge in [-0.2, -0.15) is 13.2 Å². The lowest BCUT2D eigenvalue weighted by atomic mass is 9.82. The van der Waals surface area contributed by atoms with Crippen LogP contribution < -0.4 is 0 Å². The molecular weight excluding hydrogens is 317 g/mol.